The highest BCUT2D eigenvalue weighted by Crippen LogP contribution is 2.35. The molecular formula is C7H4ClF3INO3S. The summed E-state index contributed by atoms with van der Waals surface area (Å²) in [6, 6.07) is 0. The van der Waals surface area contributed by atoms with E-state index in [1.54, 1.807) is 0 Å². The number of aryl methyl sites for hydroxylation is 1. The van der Waals surface area contributed by atoms with Crippen LogP contribution in [0, 0.1) is 10.5 Å². The molecule has 10 heteroatoms. The van der Waals surface area contributed by atoms with Gasteiger partial charge in [-0.3, -0.25) is 4.98 Å². The van der Waals surface area contributed by atoms with Crippen molar-refractivity contribution in [2.45, 2.75) is 18.2 Å². The highest BCUT2D eigenvalue weighted by atomic mass is 127. The number of nitrogens with zero attached hydrogens (tertiary/aromatic N) is 1. The molecule has 0 aliphatic heterocycles. The number of hydrogen-bond donors (Lipinski definition) is 0. The number of rotatable bonds is 2. The average molecular weight is 402 g/mol. The summed E-state index contributed by atoms with van der Waals surface area (Å²) in [5, 5.41) is 0. The summed E-state index contributed by atoms with van der Waals surface area (Å²) in [6.07, 6.45) is -4.35. The standard InChI is InChI=1S/C7H4ClF3INO3S/c1-3-5(12)6(17(8,14)15)4(2-13-3)16-7(9,10)11/h2H,1H3. The molecular weight excluding hydrogens is 397 g/mol. The zero-order valence-electron chi connectivity index (χ0n) is 8.05. The number of halogens is 5. The molecule has 0 atom stereocenters. The van der Waals surface area contributed by atoms with E-state index in [-0.39, 0.29) is 9.26 Å². The molecule has 0 amide bonds. The second-order valence-corrected chi connectivity index (χ2v) is 6.42. The highest BCUT2D eigenvalue weighted by Gasteiger charge is 2.35. The van der Waals surface area contributed by atoms with E-state index in [2.05, 4.69) is 9.72 Å². The maximum absolute atomic E-state index is 12.1. The van der Waals surface area contributed by atoms with Gasteiger partial charge in [-0.2, -0.15) is 0 Å². The van der Waals surface area contributed by atoms with Gasteiger partial charge in [0, 0.05) is 10.7 Å². The van der Waals surface area contributed by atoms with Crippen LogP contribution >= 0.6 is 33.3 Å². The van der Waals surface area contributed by atoms with Crippen molar-refractivity contribution >= 4 is 42.3 Å². The van der Waals surface area contributed by atoms with Crippen LogP contribution in [-0.2, 0) is 9.05 Å². The molecule has 96 valence electrons. The van der Waals surface area contributed by atoms with Gasteiger partial charge in [-0.15, -0.1) is 13.2 Å². The molecule has 1 rings (SSSR count). The fraction of sp³-hybridized carbons (Fsp3) is 0.286. The Morgan fingerprint density at radius 1 is 1.47 bits per heavy atom. The molecule has 0 unspecified atom stereocenters. The van der Waals surface area contributed by atoms with Gasteiger partial charge in [0.25, 0.3) is 9.05 Å². The number of alkyl halides is 3. The van der Waals surface area contributed by atoms with Crippen LogP contribution in [0.3, 0.4) is 0 Å². The van der Waals surface area contributed by atoms with Gasteiger partial charge in [0.05, 0.1) is 15.5 Å². The minimum atomic E-state index is -5.02. The van der Waals surface area contributed by atoms with E-state index in [9.17, 15) is 21.6 Å². The molecule has 0 radical (unpaired) electrons. The van der Waals surface area contributed by atoms with Crippen LogP contribution in [0.5, 0.6) is 5.75 Å². The predicted molar refractivity (Wildman–Crippen MR) is 61.4 cm³/mol. The van der Waals surface area contributed by atoms with E-state index in [0.29, 0.717) is 6.20 Å². The van der Waals surface area contributed by atoms with Gasteiger partial charge in [0.2, 0.25) is 0 Å². The summed E-state index contributed by atoms with van der Waals surface area (Å²) in [5.74, 6) is -0.942. The van der Waals surface area contributed by atoms with Crippen molar-refractivity contribution in [3.8, 4) is 5.75 Å². The van der Waals surface area contributed by atoms with Gasteiger partial charge >= 0.3 is 6.36 Å². The molecule has 4 nitrogen and oxygen atoms in total. The average Bonchev–Trinajstić information content (AvgIpc) is 2.06. The summed E-state index contributed by atoms with van der Waals surface area (Å²) in [6.45, 7) is 1.44. The zero-order chi connectivity index (χ0) is 13.4. The van der Waals surface area contributed by atoms with Gasteiger partial charge in [-0.05, 0) is 29.5 Å². The third-order valence-corrected chi connectivity index (χ3v) is 4.63. The molecule has 0 spiro atoms. The van der Waals surface area contributed by atoms with Crippen LogP contribution in [0.25, 0.3) is 0 Å². The van der Waals surface area contributed by atoms with E-state index in [1.165, 1.54) is 29.5 Å². The summed E-state index contributed by atoms with van der Waals surface area (Å²) >= 11 is 1.53. The molecule has 0 aliphatic rings. The van der Waals surface area contributed by atoms with E-state index in [1.807, 2.05) is 0 Å². The topological polar surface area (TPSA) is 56.3 Å². The minimum absolute atomic E-state index is 0.0145. The Hall–Kier alpha value is -0.290. The fourth-order valence-electron chi connectivity index (χ4n) is 0.968. The Bertz CT molecular complexity index is 546. The number of aromatic nitrogens is 1. The van der Waals surface area contributed by atoms with Crippen LogP contribution in [-0.4, -0.2) is 19.8 Å². The lowest BCUT2D eigenvalue weighted by Crippen LogP contribution is -2.19. The van der Waals surface area contributed by atoms with Crippen molar-refractivity contribution in [3.63, 3.8) is 0 Å². The number of hydrogen-bond acceptors (Lipinski definition) is 4. The first kappa shape index (κ1) is 14.8. The number of pyridine rings is 1. The van der Waals surface area contributed by atoms with Crippen molar-refractivity contribution in [2.24, 2.45) is 0 Å². The SMILES string of the molecule is Cc1ncc(OC(F)(F)F)c(S(=O)(=O)Cl)c1I. The van der Waals surface area contributed by atoms with Gasteiger partial charge in [0.1, 0.15) is 4.90 Å². The van der Waals surface area contributed by atoms with Crippen LogP contribution in [0.2, 0.25) is 0 Å². The molecule has 1 heterocycles. The molecule has 0 N–H and O–H groups in total. The molecule has 0 aromatic carbocycles. The second-order valence-electron chi connectivity index (χ2n) is 2.84. The van der Waals surface area contributed by atoms with Crippen LogP contribution in [0.1, 0.15) is 5.69 Å². The van der Waals surface area contributed by atoms with E-state index in [4.69, 9.17) is 10.7 Å². The lowest BCUT2D eigenvalue weighted by atomic mass is 10.4. The Morgan fingerprint density at radius 2 is 2.00 bits per heavy atom. The molecule has 0 fully saturated rings. The molecule has 1 aromatic rings. The quantitative estimate of drug-likeness (QED) is 0.565. The number of ether oxygens (including phenoxy) is 1. The van der Waals surface area contributed by atoms with Crippen molar-refractivity contribution in [3.05, 3.63) is 15.5 Å². The van der Waals surface area contributed by atoms with Gasteiger partial charge < -0.3 is 4.74 Å². The Balaban J connectivity index is 3.47. The monoisotopic (exact) mass is 401 g/mol. The molecule has 17 heavy (non-hydrogen) atoms. The summed E-state index contributed by atoms with van der Waals surface area (Å²) in [5.41, 5.74) is 0.236. The Labute approximate surface area is 113 Å². The summed E-state index contributed by atoms with van der Waals surface area (Å²) in [7, 11) is 0.703. The van der Waals surface area contributed by atoms with Gasteiger partial charge in [0.15, 0.2) is 5.75 Å². The molecule has 0 bridgehead atoms. The molecule has 0 saturated heterocycles. The highest BCUT2D eigenvalue weighted by molar-refractivity contribution is 14.1. The van der Waals surface area contributed by atoms with Crippen LogP contribution < -0.4 is 4.74 Å². The normalized spacial score (nSPS) is 12.6. The Morgan fingerprint density at radius 3 is 2.41 bits per heavy atom. The molecule has 1 aromatic heterocycles. The van der Waals surface area contributed by atoms with E-state index < -0.39 is 26.1 Å². The lowest BCUT2D eigenvalue weighted by molar-refractivity contribution is -0.275. The predicted octanol–water partition coefficient (Wildman–Crippen LogP) is 2.82. The first-order valence-electron chi connectivity index (χ1n) is 3.88. The first-order valence-corrected chi connectivity index (χ1v) is 7.26. The van der Waals surface area contributed by atoms with Crippen molar-refractivity contribution < 1.29 is 26.3 Å². The maximum Gasteiger partial charge on any atom is 0.573 e. The zero-order valence-corrected chi connectivity index (χ0v) is 11.8. The van der Waals surface area contributed by atoms with Gasteiger partial charge in [-0.25, -0.2) is 8.42 Å². The third kappa shape index (κ3) is 3.85. The molecule has 0 aliphatic carbocycles. The summed E-state index contributed by atoms with van der Waals surface area (Å²) < 4.78 is 62.1. The summed E-state index contributed by atoms with van der Waals surface area (Å²) in [4.78, 5) is 2.85. The smallest absolute Gasteiger partial charge is 0.403 e. The lowest BCUT2D eigenvalue weighted by Gasteiger charge is -2.13. The minimum Gasteiger partial charge on any atom is -0.403 e. The Kier molecular flexibility index (Phi) is 4.14. The van der Waals surface area contributed by atoms with Crippen LogP contribution in [0.4, 0.5) is 13.2 Å². The first-order chi connectivity index (χ1) is 7.52. The largest absolute Gasteiger partial charge is 0.573 e. The van der Waals surface area contributed by atoms with E-state index >= 15 is 0 Å². The fourth-order valence-corrected chi connectivity index (χ4v) is 3.79. The van der Waals surface area contributed by atoms with Crippen LogP contribution in [0.15, 0.2) is 11.1 Å². The third-order valence-electron chi connectivity index (χ3n) is 1.59. The second kappa shape index (κ2) is 4.76. The van der Waals surface area contributed by atoms with Crippen molar-refractivity contribution in [1.82, 2.24) is 4.98 Å². The molecule has 0 saturated carbocycles. The van der Waals surface area contributed by atoms with Gasteiger partial charge in [-0.1, -0.05) is 0 Å². The van der Waals surface area contributed by atoms with Crippen molar-refractivity contribution in [2.75, 3.05) is 0 Å². The van der Waals surface area contributed by atoms with E-state index in [0.717, 1.165) is 0 Å². The van der Waals surface area contributed by atoms with Crippen molar-refractivity contribution in [1.29, 1.82) is 0 Å². The maximum atomic E-state index is 12.1.